The largest absolute Gasteiger partial charge is 0.585 e. The van der Waals surface area contributed by atoms with Crippen molar-refractivity contribution in [2.75, 3.05) is 14.2 Å². The van der Waals surface area contributed by atoms with Crippen molar-refractivity contribution in [2.45, 2.75) is 32.8 Å². The first-order valence-electron chi connectivity index (χ1n) is 4.47. The molecule has 1 radical (unpaired) electrons. The van der Waals surface area contributed by atoms with Crippen molar-refractivity contribution in [2.24, 2.45) is 0 Å². The Kier molecular flexibility index (Phi) is 23.5. The van der Waals surface area contributed by atoms with E-state index in [2.05, 4.69) is 51.1 Å². The third-order valence-electron chi connectivity index (χ3n) is 1.97. The molecule has 0 saturated carbocycles. The van der Waals surface area contributed by atoms with Crippen LogP contribution in [-0.2, 0) is 42.2 Å². The fraction of sp³-hybridized carbons (Fsp3) is 0.700. The fourth-order valence-electron chi connectivity index (χ4n) is 1.24. The van der Waals surface area contributed by atoms with Gasteiger partial charge in [-0.05, 0) is 6.42 Å². The molecule has 0 aromatic heterocycles. The van der Waals surface area contributed by atoms with Crippen LogP contribution in [-0.4, -0.2) is 20.3 Å². The fourth-order valence-corrected chi connectivity index (χ4v) is 1.24. The molecule has 0 heterocycles. The molecule has 0 aliphatic carbocycles. The van der Waals surface area contributed by atoms with Crippen molar-refractivity contribution in [3.8, 4) is 0 Å². The van der Waals surface area contributed by atoms with Crippen molar-refractivity contribution in [3.05, 3.63) is 18.3 Å². The van der Waals surface area contributed by atoms with E-state index in [-0.39, 0.29) is 38.8 Å². The minimum atomic E-state index is 0. The van der Waals surface area contributed by atoms with E-state index < -0.39 is 0 Å². The van der Waals surface area contributed by atoms with E-state index in [1.165, 1.54) is 0 Å². The Labute approximate surface area is 143 Å². The average molecular weight is 514 g/mol. The van der Waals surface area contributed by atoms with Crippen molar-refractivity contribution in [1.82, 2.24) is 0 Å². The molecule has 15 heavy (non-hydrogen) atoms. The van der Waals surface area contributed by atoms with Gasteiger partial charge in [-0.25, -0.2) is 6.92 Å². The molecule has 0 rings (SSSR count). The van der Waals surface area contributed by atoms with Gasteiger partial charge in [0.15, 0.2) is 0 Å². The van der Waals surface area contributed by atoms with Crippen molar-refractivity contribution in [3.63, 3.8) is 0 Å². The number of rotatable bonds is 5. The maximum Gasteiger partial charge on any atom is 0.0527 e. The van der Waals surface area contributed by atoms with Crippen molar-refractivity contribution in [1.29, 1.82) is 0 Å². The van der Waals surface area contributed by atoms with Crippen LogP contribution < -0.4 is 0 Å². The van der Waals surface area contributed by atoms with E-state index in [4.69, 9.17) is 9.47 Å². The van der Waals surface area contributed by atoms with E-state index in [1.54, 1.807) is 14.2 Å². The first-order valence-corrected chi connectivity index (χ1v) is 10.8. The molecule has 0 fully saturated rings. The molecular formula is C10H19I2O2Y-. The van der Waals surface area contributed by atoms with Crippen LogP contribution in [0, 0.1) is 6.92 Å². The smallest absolute Gasteiger partial charge is 0.0527 e. The third-order valence-corrected chi connectivity index (χ3v) is 1.97. The molecule has 2 nitrogen and oxygen atoms in total. The van der Waals surface area contributed by atoms with Gasteiger partial charge in [-0.15, -0.1) is 0 Å². The monoisotopic (exact) mass is 514 g/mol. The molecule has 1 atom stereocenters. The Bertz CT molecular complexity index is 154. The summed E-state index contributed by atoms with van der Waals surface area (Å²) in [6, 6.07) is 0. The van der Waals surface area contributed by atoms with Crippen LogP contribution >= 0.6 is 37.2 Å². The number of ether oxygens (including phenoxy) is 2. The quantitative estimate of drug-likeness (QED) is 0.310. The van der Waals surface area contributed by atoms with Gasteiger partial charge in [0.1, 0.15) is 0 Å². The van der Waals surface area contributed by atoms with E-state index in [0.29, 0.717) is 0 Å². The summed E-state index contributed by atoms with van der Waals surface area (Å²) in [6.07, 6.45) is 1.90. The topological polar surface area (TPSA) is 18.5 Å². The summed E-state index contributed by atoms with van der Waals surface area (Å²) in [4.78, 5) is 0. The summed E-state index contributed by atoms with van der Waals surface area (Å²) in [5.74, 6) is 0.934. The van der Waals surface area contributed by atoms with Gasteiger partial charge >= 0.3 is 0 Å². The summed E-state index contributed by atoms with van der Waals surface area (Å²) >= 11 is 4.24. The summed E-state index contributed by atoms with van der Waals surface area (Å²) in [6.45, 7) is 8.07. The van der Waals surface area contributed by atoms with Gasteiger partial charge in [0.2, 0.25) is 0 Å². The normalized spacial score (nSPS) is 12.7. The van der Waals surface area contributed by atoms with E-state index in [1.807, 2.05) is 6.92 Å². The van der Waals surface area contributed by atoms with Crippen LogP contribution in [0.2, 0.25) is 0 Å². The molecule has 1 unspecified atom stereocenters. The Balaban J connectivity index is -0.000000449. The molecule has 0 bridgehead atoms. The zero-order chi connectivity index (χ0) is 11.6. The van der Waals surface area contributed by atoms with Crippen LogP contribution in [0.4, 0.5) is 0 Å². The Hall–Kier alpha value is 1.93. The van der Waals surface area contributed by atoms with Gasteiger partial charge in [-0.3, -0.25) is 0 Å². The van der Waals surface area contributed by atoms with Gasteiger partial charge in [-0.2, -0.15) is 5.57 Å². The van der Waals surface area contributed by atoms with Crippen molar-refractivity contribution < 1.29 is 42.2 Å². The first-order chi connectivity index (χ1) is 6.71. The molecule has 0 saturated heterocycles. The molecule has 0 aromatic carbocycles. The molecule has 0 N–H and O–H groups in total. The summed E-state index contributed by atoms with van der Waals surface area (Å²) in [5.41, 5.74) is 0.963. The van der Waals surface area contributed by atoms with Gasteiger partial charge in [-0.1, -0.05) is 26.0 Å². The van der Waals surface area contributed by atoms with Crippen LogP contribution in [0.3, 0.4) is 0 Å². The van der Waals surface area contributed by atoms with Gasteiger partial charge < -0.3 is 9.47 Å². The van der Waals surface area contributed by atoms with E-state index >= 15 is 0 Å². The molecule has 0 spiro atoms. The summed E-state index contributed by atoms with van der Waals surface area (Å²) < 4.78 is 10.4. The van der Waals surface area contributed by atoms with Crippen LogP contribution in [0.15, 0.2) is 11.3 Å². The SMILES string of the molecule is II.[CH2-]/C(=C(\CC)OC)C(CC)OC.[Y]. The second kappa shape index (κ2) is 15.9. The van der Waals surface area contributed by atoms with Crippen LogP contribution in [0.1, 0.15) is 26.7 Å². The molecule has 0 aliphatic rings. The second-order valence-corrected chi connectivity index (χ2v) is 2.64. The second-order valence-electron chi connectivity index (χ2n) is 2.64. The van der Waals surface area contributed by atoms with Gasteiger partial charge in [0.25, 0.3) is 0 Å². The molecule has 0 aromatic rings. The number of hydrogen-bond acceptors (Lipinski definition) is 2. The predicted octanol–water partition coefficient (Wildman–Crippen LogP) is 4.32. The standard InChI is InChI=1S/C10H19O2.I2.Y/c1-6-9(11-4)8(3)10(7-2)12-5;1-2;/h9H,3,6-7H2,1-2,4-5H3;;/q-1;;/b10-8-;;. The maximum atomic E-state index is 5.25. The number of allylic oxidation sites excluding steroid dienone is 1. The minimum Gasteiger partial charge on any atom is -0.585 e. The third kappa shape index (κ3) is 9.62. The molecular weight excluding hydrogens is 495 g/mol. The zero-order valence-corrected chi connectivity index (χ0v) is 17.0. The van der Waals surface area contributed by atoms with Gasteiger partial charge in [0, 0.05) is 77.1 Å². The van der Waals surface area contributed by atoms with Crippen molar-refractivity contribution >= 4 is 37.2 Å². The zero-order valence-electron chi connectivity index (χ0n) is 9.85. The Morgan fingerprint density at radius 2 is 1.73 bits per heavy atom. The Morgan fingerprint density at radius 1 is 1.27 bits per heavy atom. The molecule has 5 heteroatoms. The number of methoxy groups -OCH3 is 2. The molecule has 89 valence electrons. The summed E-state index contributed by atoms with van der Waals surface area (Å²) in [5, 5.41) is 0. The molecule has 0 aliphatic heterocycles. The van der Waals surface area contributed by atoms with E-state index in [0.717, 1.165) is 24.2 Å². The van der Waals surface area contributed by atoms with Gasteiger partial charge in [0.05, 0.1) is 13.2 Å². The molecule has 0 amide bonds. The minimum absolute atomic E-state index is 0. The summed E-state index contributed by atoms with van der Waals surface area (Å²) in [7, 11) is 3.37. The predicted molar refractivity (Wildman–Crippen MR) is 78.8 cm³/mol. The van der Waals surface area contributed by atoms with Crippen LogP contribution in [0.25, 0.3) is 0 Å². The Morgan fingerprint density at radius 3 is 1.93 bits per heavy atom. The number of hydrogen-bond donors (Lipinski definition) is 0. The van der Waals surface area contributed by atoms with E-state index in [9.17, 15) is 0 Å². The van der Waals surface area contributed by atoms with Crippen LogP contribution in [0.5, 0.6) is 0 Å². The average Bonchev–Trinajstić information content (AvgIpc) is 2.24. The maximum absolute atomic E-state index is 5.25. The number of halogens is 2. The first kappa shape index (κ1) is 22.1.